The molecule has 0 aliphatic carbocycles. The van der Waals surface area contributed by atoms with E-state index in [1.165, 1.54) is 11.1 Å². The van der Waals surface area contributed by atoms with E-state index in [1.54, 1.807) is 0 Å². The van der Waals surface area contributed by atoms with Gasteiger partial charge in [0.05, 0.1) is 0 Å². The molecule has 0 unspecified atom stereocenters. The van der Waals surface area contributed by atoms with Crippen molar-refractivity contribution in [2.24, 2.45) is 10.8 Å². The molecule has 0 radical (unpaired) electrons. The van der Waals surface area contributed by atoms with Gasteiger partial charge in [0.15, 0.2) is 11.6 Å². The molecular formula is C29H40N2O2. The number of rotatable bonds is 6. The fraction of sp³-hybridized carbons (Fsp3) is 0.517. The molecule has 3 rings (SSSR count). The Morgan fingerprint density at radius 1 is 0.606 bits per heavy atom. The van der Waals surface area contributed by atoms with E-state index in [4.69, 9.17) is 0 Å². The fourth-order valence-electron chi connectivity index (χ4n) is 4.25. The first-order valence-electron chi connectivity index (χ1n) is 12.2. The first-order chi connectivity index (χ1) is 15.4. The lowest BCUT2D eigenvalue weighted by atomic mass is 9.86. The van der Waals surface area contributed by atoms with Crippen LogP contribution in [0.5, 0.6) is 0 Å². The maximum atomic E-state index is 12.5. The average molecular weight is 449 g/mol. The molecule has 1 fully saturated rings. The van der Waals surface area contributed by atoms with Gasteiger partial charge >= 0.3 is 0 Å². The number of benzene rings is 2. The molecule has 2 aromatic rings. The van der Waals surface area contributed by atoms with E-state index in [1.807, 2.05) is 65.8 Å². The van der Waals surface area contributed by atoms with Gasteiger partial charge in [0, 0.05) is 48.1 Å². The lowest BCUT2D eigenvalue weighted by molar-refractivity contribution is 0.0852. The molecular weight excluding hydrogens is 408 g/mol. The molecule has 178 valence electrons. The van der Waals surface area contributed by atoms with Crippen molar-refractivity contribution in [1.29, 1.82) is 0 Å². The number of hydrogen-bond donors (Lipinski definition) is 0. The van der Waals surface area contributed by atoms with Gasteiger partial charge in [-0.05, 0) is 30.6 Å². The molecule has 1 saturated heterocycles. The van der Waals surface area contributed by atoms with Gasteiger partial charge in [0.25, 0.3) is 0 Å². The lowest BCUT2D eigenvalue weighted by Crippen LogP contribution is -2.30. The van der Waals surface area contributed by atoms with Crippen molar-refractivity contribution in [1.82, 2.24) is 9.80 Å². The van der Waals surface area contributed by atoms with E-state index in [2.05, 4.69) is 34.1 Å². The largest absolute Gasteiger partial charge is 0.298 e. The molecule has 0 bridgehead atoms. The molecule has 4 heteroatoms. The van der Waals surface area contributed by atoms with Crippen molar-refractivity contribution in [3.05, 3.63) is 70.8 Å². The van der Waals surface area contributed by atoms with E-state index in [0.717, 1.165) is 56.8 Å². The minimum atomic E-state index is -0.349. The summed E-state index contributed by atoms with van der Waals surface area (Å²) in [5.74, 6) is 0.380. The highest BCUT2D eigenvalue weighted by molar-refractivity contribution is 6.00. The summed E-state index contributed by atoms with van der Waals surface area (Å²) in [6.07, 6.45) is 1.14. The predicted octanol–water partition coefficient (Wildman–Crippen LogP) is 5.85. The minimum Gasteiger partial charge on any atom is -0.298 e. The van der Waals surface area contributed by atoms with Gasteiger partial charge in [0.2, 0.25) is 0 Å². The molecule has 0 aromatic heterocycles. The Bertz CT molecular complexity index is 868. The number of carbonyl (C=O) groups is 2. The van der Waals surface area contributed by atoms with Crippen LogP contribution in [0.2, 0.25) is 0 Å². The fourth-order valence-corrected chi connectivity index (χ4v) is 4.25. The summed E-state index contributed by atoms with van der Waals surface area (Å²) >= 11 is 0. The van der Waals surface area contributed by atoms with Gasteiger partial charge < -0.3 is 0 Å². The molecule has 1 heterocycles. The summed E-state index contributed by atoms with van der Waals surface area (Å²) in [5.41, 5.74) is 3.41. The first-order valence-corrected chi connectivity index (χ1v) is 12.2. The maximum absolute atomic E-state index is 12.5. The van der Waals surface area contributed by atoms with Crippen molar-refractivity contribution in [3.8, 4) is 0 Å². The molecule has 0 amide bonds. The highest BCUT2D eigenvalue weighted by Gasteiger charge is 2.24. The number of hydrogen-bond acceptors (Lipinski definition) is 4. The second-order valence-corrected chi connectivity index (χ2v) is 11.5. The highest BCUT2D eigenvalue weighted by Crippen LogP contribution is 2.23. The smallest absolute Gasteiger partial charge is 0.168 e. The van der Waals surface area contributed by atoms with Crippen molar-refractivity contribution in [2.75, 3.05) is 26.2 Å². The Kier molecular flexibility index (Phi) is 7.92. The quantitative estimate of drug-likeness (QED) is 0.520. The summed E-state index contributed by atoms with van der Waals surface area (Å²) in [6, 6.07) is 16.3. The zero-order chi connectivity index (χ0) is 24.2. The topological polar surface area (TPSA) is 40.6 Å². The maximum Gasteiger partial charge on any atom is 0.168 e. The van der Waals surface area contributed by atoms with Gasteiger partial charge in [-0.1, -0.05) is 90.1 Å². The van der Waals surface area contributed by atoms with Crippen LogP contribution in [-0.4, -0.2) is 47.5 Å². The van der Waals surface area contributed by atoms with Crippen molar-refractivity contribution in [2.45, 2.75) is 61.1 Å². The zero-order valence-corrected chi connectivity index (χ0v) is 21.3. The van der Waals surface area contributed by atoms with Crippen LogP contribution in [0, 0.1) is 10.8 Å². The van der Waals surface area contributed by atoms with E-state index >= 15 is 0 Å². The summed E-state index contributed by atoms with van der Waals surface area (Å²) < 4.78 is 0. The monoisotopic (exact) mass is 448 g/mol. The van der Waals surface area contributed by atoms with Crippen LogP contribution in [0.3, 0.4) is 0 Å². The standard InChI is InChI=1S/C29H40N2O2/c1-28(2,3)26(32)24-12-8-22(9-13-24)20-30-16-7-17-31(19-18-30)21-23-10-14-25(15-11-23)27(33)29(4,5)6/h8-15H,7,16-21H2,1-6H3. The third-order valence-electron chi connectivity index (χ3n) is 6.29. The van der Waals surface area contributed by atoms with Gasteiger partial charge in [0.1, 0.15) is 0 Å². The van der Waals surface area contributed by atoms with Gasteiger partial charge in [-0.2, -0.15) is 0 Å². The summed E-state index contributed by atoms with van der Waals surface area (Å²) in [7, 11) is 0. The highest BCUT2D eigenvalue weighted by atomic mass is 16.1. The van der Waals surface area contributed by atoms with Crippen LogP contribution in [0.25, 0.3) is 0 Å². The van der Waals surface area contributed by atoms with Crippen LogP contribution in [-0.2, 0) is 13.1 Å². The van der Waals surface area contributed by atoms with E-state index in [9.17, 15) is 9.59 Å². The Morgan fingerprint density at radius 2 is 0.939 bits per heavy atom. The number of ketones is 2. The predicted molar refractivity (Wildman–Crippen MR) is 136 cm³/mol. The third kappa shape index (κ3) is 7.09. The zero-order valence-electron chi connectivity index (χ0n) is 21.3. The average Bonchev–Trinajstić information content (AvgIpc) is 2.97. The third-order valence-corrected chi connectivity index (χ3v) is 6.29. The SMILES string of the molecule is CC(C)(C)C(=O)c1ccc(CN2CCCN(Cc3ccc(C(=O)C(C)(C)C)cc3)CC2)cc1. The Balaban J connectivity index is 1.52. The molecule has 33 heavy (non-hydrogen) atoms. The number of carbonyl (C=O) groups excluding carboxylic acids is 2. The lowest BCUT2D eigenvalue weighted by Gasteiger charge is -2.22. The van der Waals surface area contributed by atoms with E-state index in [-0.39, 0.29) is 22.4 Å². The first kappa shape index (κ1) is 25.3. The van der Waals surface area contributed by atoms with Crippen molar-refractivity contribution < 1.29 is 9.59 Å². The molecule has 4 nitrogen and oxygen atoms in total. The second kappa shape index (κ2) is 10.3. The molecule has 0 saturated carbocycles. The number of nitrogens with zero attached hydrogens (tertiary/aromatic N) is 2. The molecule has 2 aromatic carbocycles. The molecule has 1 aliphatic heterocycles. The Morgan fingerprint density at radius 3 is 1.24 bits per heavy atom. The van der Waals surface area contributed by atoms with Crippen molar-refractivity contribution >= 4 is 11.6 Å². The minimum absolute atomic E-state index is 0.190. The molecule has 0 spiro atoms. The van der Waals surface area contributed by atoms with Gasteiger partial charge in [-0.3, -0.25) is 19.4 Å². The Hall–Kier alpha value is -2.30. The molecule has 0 N–H and O–H groups in total. The van der Waals surface area contributed by atoms with E-state index < -0.39 is 0 Å². The van der Waals surface area contributed by atoms with Crippen LogP contribution in [0.4, 0.5) is 0 Å². The van der Waals surface area contributed by atoms with Crippen molar-refractivity contribution in [3.63, 3.8) is 0 Å². The van der Waals surface area contributed by atoms with E-state index in [0.29, 0.717) is 0 Å². The van der Waals surface area contributed by atoms with Crippen LogP contribution >= 0.6 is 0 Å². The summed E-state index contributed by atoms with van der Waals surface area (Å²) in [6.45, 7) is 17.8. The normalized spacial score (nSPS) is 16.4. The van der Waals surface area contributed by atoms with Crippen LogP contribution in [0.1, 0.15) is 79.8 Å². The molecule has 1 aliphatic rings. The van der Waals surface area contributed by atoms with Crippen LogP contribution < -0.4 is 0 Å². The van der Waals surface area contributed by atoms with Gasteiger partial charge in [-0.15, -0.1) is 0 Å². The summed E-state index contributed by atoms with van der Waals surface area (Å²) in [5, 5.41) is 0. The number of Topliss-reactive ketones (excluding diaryl/α,β-unsaturated/α-hetero) is 2. The summed E-state index contributed by atoms with van der Waals surface area (Å²) in [4.78, 5) is 29.9. The van der Waals surface area contributed by atoms with Crippen LogP contribution in [0.15, 0.2) is 48.5 Å². The Labute approximate surface area is 200 Å². The molecule has 0 atom stereocenters. The van der Waals surface area contributed by atoms with Gasteiger partial charge in [-0.25, -0.2) is 0 Å². The second-order valence-electron chi connectivity index (χ2n) is 11.5.